The molecular formula is H2CrMnSnZn. The van der Waals surface area contributed by atoms with Gasteiger partial charge in [-0.2, -0.15) is 0 Å². The summed E-state index contributed by atoms with van der Waals surface area (Å²) in [6.45, 7) is 0. The first-order valence-corrected chi connectivity index (χ1v) is 0. The molecule has 0 spiro atoms. The molecule has 0 aliphatic carbocycles. The summed E-state index contributed by atoms with van der Waals surface area (Å²) >= 11 is 0. The Morgan fingerprint density at radius 3 is 1.00 bits per heavy atom. The van der Waals surface area contributed by atoms with E-state index in [1.165, 1.54) is 0 Å². The third kappa shape index (κ3) is 8.82. The predicted molar refractivity (Wildman–Crippen MR) is 8.54 cm³/mol. The second-order valence-electron chi connectivity index (χ2n) is 0. The van der Waals surface area contributed by atoms with Crippen molar-refractivity contribution < 1.29 is 53.9 Å². The van der Waals surface area contributed by atoms with E-state index in [9.17, 15) is 0 Å². The van der Waals surface area contributed by atoms with Gasteiger partial charge in [0.25, 0.3) is 0 Å². The molecule has 0 nitrogen and oxygen atoms in total. The van der Waals surface area contributed by atoms with Crippen LogP contribution in [0, 0.1) is 0 Å². The van der Waals surface area contributed by atoms with E-state index in [2.05, 4.69) is 0 Å². The molecule has 0 heterocycles. The summed E-state index contributed by atoms with van der Waals surface area (Å²) in [5.41, 5.74) is 0. The molecule has 0 aliphatic heterocycles. The van der Waals surface area contributed by atoms with Gasteiger partial charge in [0.05, 0.1) is 0 Å². The van der Waals surface area contributed by atoms with Gasteiger partial charge < -0.3 is 0 Å². The molecule has 4 heteroatoms. The van der Waals surface area contributed by atoms with Gasteiger partial charge in [0.2, 0.25) is 0 Å². The first kappa shape index (κ1) is 31.7. The summed E-state index contributed by atoms with van der Waals surface area (Å²) in [6.07, 6.45) is 0. The third-order valence-electron chi connectivity index (χ3n) is 0. The van der Waals surface area contributed by atoms with E-state index in [1.54, 1.807) is 0 Å². The fourth-order valence-corrected chi connectivity index (χ4v) is 0. The molecule has 21 valence electrons. The minimum Gasteiger partial charge on any atom is 0 e. The Bertz CT molecular complexity index is 8.00. The van der Waals surface area contributed by atoms with Gasteiger partial charge in [-0.25, -0.2) is 0 Å². The maximum atomic E-state index is 0. The van der Waals surface area contributed by atoms with Crippen molar-refractivity contribution in [3.05, 3.63) is 0 Å². The topological polar surface area (TPSA) is 0 Å². The van der Waals surface area contributed by atoms with E-state index < -0.39 is 0 Å². The molecule has 0 N–H and O–H groups in total. The summed E-state index contributed by atoms with van der Waals surface area (Å²) in [5.74, 6) is 0. The van der Waals surface area contributed by atoms with Crippen molar-refractivity contribution in [1.29, 1.82) is 0 Å². The van der Waals surface area contributed by atoms with Gasteiger partial charge in [0.1, 0.15) is 0 Å². The molecule has 0 unspecified atom stereocenters. The van der Waals surface area contributed by atoms with Crippen molar-refractivity contribution in [3.63, 3.8) is 0 Å². The van der Waals surface area contributed by atoms with Crippen LogP contribution in [0.4, 0.5) is 0 Å². The SMILES string of the molecule is [Cr].[Mn].[SnH2].[Zn]. The Morgan fingerprint density at radius 1 is 1.00 bits per heavy atom. The molecule has 0 aromatic carbocycles. The Morgan fingerprint density at radius 2 is 1.00 bits per heavy atom. The summed E-state index contributed by atoms with van der Waals surface area (Å²) in [7, 11) is 0. The Labute approximate surface area is 76.8 Å². The first-order valence-electron chi connectivity index (χ1n) is 0. The van der Waals surface area contributed by atoms with Crippen LogP contribution in [0.25, 0.3) is 0 Å². The van der Waals surface area contributed by atoms with Gasteiger partial charge >= 0.3 is 23.9 Å². The van der Waals surface area contributed by atoms with E-state index in [-0.39, 0.29) is 77.8 Å². The molecule has 3 radical (unpaired) electrons. The quantitative estimate of drug-likeness (QED) is 0.507. The van der Waals surface area contributed by atoms with Crippen LogP contribution < -0.4 is 0 Å². The monoisotopic (exact) mass is 293 g/mol. The minimum atomic E-state index is 0. The van der Waals surface area contributed by atoms with Crippen molar-refractivity contribution in [2.75, 3.05) is 0 Å². The second kappa shape index (κ2) is 17.9. The van der Waals surface area contributed by atoms with Crippen LogP contribution in [0.3, 0.4) is 0 Å². The normalized spacial score (nSPS) is 0. The van der Waals surface area contributed by atoms with E-state index in [4.69, 9.17) is 0 Å². The van der Waals surface area contributed by atoms with Gasteiger partial charge in [0.15, 0.2) is 0 Å². The van der Waals surface area contributed by atoms with Gasteiger partial charge in [-0.1, -0.05) is 0 Å². The number of hydrogen-bond donors (Lipinski definition) is 0. The zero-order chi connectivity index (χ0) is 0. The number of hydrogen-bond acceptors (Lipinski definition) is 0. The maximum absolute atomic E-state index is 0. The standard InChI is InChI=1S/Cr.Mn.Sn.Zn.2H. The molecule has 0 saturated carbocycles. The fraction of sp³-hybridized carbons (Fsp3) is 0. The van der Waals surface area contributed by atoms with Gasteiger partial charge in [-0.15, -0.1) is 0 Å². The average Bonchev–Trinajstić information content (AvgIpc) is 0. The molecular weight excluding hydrogens is 291 g/mol. The van der Waals surface area contributed by atoms with Gasteiger partial charge in [-0.3, -0.25) is 0 Å². The molecule has 0 saturated heterocycles. The molecule has 0 aromatic rings. The van der Waals surface area contributed by atoms with Crippen LogP contribution >= 0.6 is 0 Å². The van der Waals surface area contributed by atoms with Crippen LogP contribution in [-0.4, -0.2) is 23.9 Å². The zero-order valence-electron chi connectivity index (χ0n) is 2.20. The summed E-state index contributed by atoms with van der Waals surface area (Å²) < 4.78 is 0. The molecule has 0 rings (SSSR count). The molecule has 0 fully saturated rings. The van der Waals surface area contributed by atoms with Crippen LogP contribution in [0.2, 0.25) is 0 Å². The van der Waals surface area contributed by atoms with Gasteiger partial charge in [-0.05, 0) is 0 Å². The smallest absolute Gasteiger partial charge is 0 e. The van der Waals surface area contributed by atoms with E-state index in [0.29, 0.717) is 0 Å². The predicted octanol–water partition coefficient (Wildman–Crippen LogP) is -0.924. The van der Waals surface area contributed by atoms with Crippen molar-refractivity contribution in [1.82, 2.24) is 0 Å². The molecule has 0 amide bonds. The zero-order valence-corrected chi connectivity index (χ0v) is 11.7. The Hall–Kier alpha value is 2.47. The van der Waals surface area contributed by atoms with Crippen molar-refractivity contribution in [3.8, 4) is 0 Å². The van der Waals surface area contributed by atoms with Crippen LogP contribution in [-0.2, 0) is 53.9 Å². The van der Waals surface area contributed by atoms with Gasteiger partial charge in [0, 0.05) is 53.9 Å². The second-order valence-corrected chi connectivity index (χ2v) is 0. The summed E-state index contributed by atoms with van der Waals surface area (Å²) in [4.78, 5) is 0. The van der Waals surface area contributed by atoms with Crippen LogP contribution in [0.1, 0.15) is 0 Å². The van der Waals surface area contributed by atoms with E-state index in [1.807, 2.05) is 0 Å². The largest absolute Gasteiger partial charge is 0 e. The van der Waals surface area contributed by atoms with Crippen molar-refractivity contribution in [2.24, 2.45) is 0 Å². The first-order chi connectivity index (χ1) is 0. The molecule has 0 aromatic heterocycles. The van der Waals surface area contributed by atoms with Crippen molar-refractivity contribution in [2.45, 2.75) is 0 Å². The Kier molecular flexibility index (Phi) is 142. The van der Waals surface area contributed by atoms with Crippen molar-refractivity contribution >= 4 is 23.9 Å². The molecule has 4 heavy (non-hydrogen) atoms. The molecule has 0 atom stereocenters. The Balaban J connectivity index is 0. The summed E-state index contributed by atoms with van der Waals surface area (Å²) in [5, 5.41) is 0. The minimum absolute atomic E-state index is 0. The van der Waals surface area contributed by atoms with Crippen LogP contribution in [0.5, 0.6) is 0 Å². The fourth-order valence-electron chi connectivity index (χ4n) is 0. The van der Waals surface area contributed by atoms with E-state index in [0.717, 1.165) is 0 Å². The third-order valence-corrected chi connectivity index (χ3v) is 0. The molecule has 0 aliphatic rings. The van der Waals surface area contributed by atoms with Crippen LogP contribution in [0.15, 0.2) is 0 Å². The van der Waals surface area contributed by atoms with E-state index >= 15 is 0 Å². The number of rotatable bonds is 0. The summed E-state index contributed by atoms with van der Waals surface area (Å²) in [6, 6.07) is 0. The molecule has 0 bridgehead atoms. The average molecular weight is 293 g/mol. The maximum Gasteiger partial charge on any atom is 0 e.